The molecule has 0 bridgehead atoms. The largest absolute Gasteiger partial charge is 0.299 e. The molecule has 0 saturated heterocycles. The third-order valence-electron chi connectivity index (χ3n) is 1.43. The monoisotopic (exact) mass is 145 g/mol. The van der Waals surface area contributed by atoms with E-state index >= 15 is 0 Å². The fraction of sp³-hybridized carbons (Fsp3) is 1.00. The lowest BCUT2D eigenvalue weighted by Crippen LogP contribution is -2.38. The van der Waals surface area contributed by atoms with Crippen LogP contribution < -0.4 is 0 Å². The van der Waals surface area contributed by atoms with Gasteiger partial charge in [0.15, 0.2) is 0 Å². The van der Waals surface area contributed by atoms with Crippen LogP contribution in [0, 0.1) is 0 Å². The molecule has 0 aliphatic carbocycles. The molecule has 0 aromatic carbocycles. The Morgan fingerprint density at radius 1 is 1.30 bits per heavy atom. The van der Waals surface area contributed by atoms with Gasteiger partial charge in [-0.25, -0.2) is 0 Å². The SMILES string of the molecule is CCCON(C)C(C)(C)C. The molecule has 0 rings (SSSR count). The van der Waals surface area contributed by atoms with E-state index in [0.29, 0.717) is 0 Å². The highest BCUT2D eigenvalue weighted by atomic mass is 16.7. The fourth-order valence-corrected chi connectivity index (χ4v) is 0.422. The Bertz CT molecular complexity index is 85.7. The van der Waals surface area contributed by atoms with Gasteiger partial charge in [-0.05, 0) is 27.2 Å². The molecular weight excluding hydrogens is 126 g/mol. The summed E-state index contributed by atoms with van der Waals surface area (Å²) in [5.74, 6) is 0. The lowest BCUT2D eigenvalue weighted by atomic mass is 10.1. The zero-order valence-electron chi connectivity index (χ0n) is 7.77. The maximum absolute atomic E-state index is 5.39. The highest BCUT2D eigenvalue weighted by Gasteiger charge is 2.16. The molecule has 0 aromatic rings. The number of rotatable bonds is 3. The van der Waals surface area contributed by atoms with Gasteiger partial charge in [-0.3, -0.25) is 4.84 Å². The second-order valence-electron chi connectivity index (χ2n) is 3.50. The van der Waals surface area contributed by atoms with E-state index in [0.717, 1.165) is 13.0 Å². The van der Waals surface area contributed by atoms with E-state index in [1.165, 1.54) is 0 Å². The lowest BCUT2D eigenvalue weighted by Gasteiger charge is -2.30. The van der Waals surface area contributed by atoms with Crippen LogP contribution in [0.3, 0.4) is 0 Å². The number of nitrogens with zero attached hydrogens (tertiary/aromatic N) is 1. The van der Waals surface area contributed by atoms with Crippen LogP contribution in [-0.4, -0.2) is 24.3 Å². The summed E-state index contributed by atoms with van der Waals surface area (Å²) in [6, 6.07) is 0. The minimum absolute atomic E-state index is 0.120. The Labute approximate surface area is 64.1 Å². The van der Waals surface area contributed by atoms with Gasteiger partial charge in [-0.15, -0.1) is 0 Å². The van der Waals surface area contributed by atoms with Crippen LogP contribution in [-0.2, 0) is 4.84 Å². The van der Waals surface area contributed by atoms with Gasteiger partial charge in [-0.1, -0.05) is 6.92 Å². The van der Waals surface area contributed by atoms with Crippen molar-refractivity contribution in [2.75, 3.05) is 13.7 Å². The minimum Gasteiger partial charge on any atom is -0.299 e. The summed E-state index contributed by atoms with van der Waals surface area (Å²) >= 11 is 0. The maximum Gasteiger partial charge on any atom is 0.0682 e. The summed E-state index contributed by atoms with van der Waals surface area (Å²) in [5, 5.41) is 1.90. The third kappa shape index (κ3) is 3.85. The Balaban J connectivity index is 3.52. The second-order valence-corrected chi connectivity index (χ2v) is 3.50. The van der Waals surface area contributed by atoms with Crippen molar-refractivity contribution in [3.63, 3.8) is 0 Å². The van der Waals surface area contributed by atoms with Crippen molar-refractivity contribution in [1.82, 2.24) is 5.06 Å². The van der Waals surface area contributed by atoms with Crippen molar-refractivity contribution in [1.29, 1.82) is 0 Å². The first-order valence-electron chi connectivity index (χ1n) is 3.85. The summed E-state index contributed by atoms with van der Waals surface area (Å²) in [7, 11) is 1.97. The molecule has 0 saturated carbocycles. The van der Waals surface area contributed by atoms with Crippen LogP contribution in [0.5, 0.6) is 0 Å². The molecular formula is C8H19NO. The van der Waals surface area contributed by atoms with Crippen molar-refractivity contribution in [2.45, 2.75) is 39.7 Å². The summed E-state index contributed by atoms with van der Waals surface area (Å²) < 4.78 is 0. The van der Waals surface area contributed by atoms with Gasteiger partial charge in [0.2, 0.25) is 0 Å². The molecule has 0 fully saturated rings. The first-order valence-corrected chi connectivity index (χ1v) is 3.85. The summed E-state index contributed by atoms with van der Waals surface area (Å²) in [5.41, 5.74) is 0.120. The highest BCUT2D eigenvalue weighted by Crippen LogP contribution is 2.10. The van der Waals surface area contributed by atoms with E-state index in [1.54, 1.807) is 0 Å². The fourth-order valence-electron chi connectivity index (χ4n) is 0.422. The molecule has 2 heteroatoms. The molecule has 0 unspecified atom stereocenters. The van der Waals surface area contributed by atoms with Gasteiger partial charge in [0.1, 0.15) is 0 Å². The molecule has 0 radical (unpaired) electrons. The van der Waals surface area contributed by atoms with E-state index < -0.39 is 0 Å². The van der Waals surface area contributed by atoms with Crippen molar-refractivity contribution in [3.8, 4) is 0 Å². The third-order valence-corrected chi connectivity index (χ3v) is 1.43. The molecule has 0 amide bonds. The summed E-state index contributed by atoms with van der Waals surface area (Å²) in [6.45, 7) is 9.30. The van der Waals surface area contributed by atoms with Crippen molar-refractivity contribution in [2.24, 2.45) is 0 Å². The van der Waals surface area contributed by atoms with Crippen LogP contribution in [0.1, 0.15) is 34.1 Å². The van der Waals surface area contributed by atoms with E-state index in [4.69, 9.17) is 4.84 Å². The van der Waals surface area contributed by atoms with Crippen molar-refractivity contribution < 1.29 is 4.84 Å². The normalized spacial score (nSPS) is 12.6. The number of hydroxylamine groups is 2. The van der Waals surface area contributed by atoms with Crippen LogP contribution >= 0.6 is 0 Å². The summed E-state index contributed by atoms with van der Waals surface area (Å²) in [6.07, 6.45) is 1.07. The predicted octanol–water partition coefficient (Wildman–Crippen LogP) is 2.06. The molecule has 0 aliphatic heterocycles. The molecule has 0 N–H and O–H groups in total. The van der Waals surface area contributed by atoms with Gasteiger partial charge in [0.05, 0.1) is 6.61 Å². The Morgan fingerprint density at radius 3 is 2.10 bits per heavy atom. The van der Waals surface area contributed by atoms with Gasteiger partial charge >= 0.3 is 0 Å². The Kier molecular flexibility index (Phi) is 3.91. The highest BCUT2D eigenvalue weighted by molar-refractivity contribution is 4.65. The molecule has 2 nitrogen and oxygen atoms in total. The number of hydrogen-bond donors (Lipinski definition) is 0. The predicted molar refractivity (Wildman–Crippen MR) is 43.8 cm³/mol. The first kappa shape index (κ1) is 9.92. The second kappa shape index (κ2) is 3.94. The minimum atomic E-state index is 0.120. The van der Waals surface area contributed by atoms with Crippen LogP contribution in [0.25, 0.3) is 0 Å². The van der Waals surface area contributed by atoms with Gasteiger partial charge in [-0.2, -0.15) is 5.06 Å². The van der Waals surface area contributed by atoms with Gasteiger partial charge < -0.3 is 0 Å². The average Bonchev–Trinajstić information content (AvgIpc) is 1.80. The molecule has 0 atom stereocenters. The Hall–Kier alpha value is -0.0800. The zero-order valence-corrected chi connectivity index (χ0v) is 7.77. The van der Waals surface area contributed by atoms with E-state index in [2.05, 4.69) is 27.7 Å². The van der Waals surface area contributed by atoms with E-state index in [9.17, 15) is 0 Å². The molecule has 0 heterocycles. The molecule has 10 heavy (non-hydrogen) atoms. The van der Waals surface area contributed by atoms with Crippen molar-refractivity contribution >= 4 is 0 Å². The van der Waals surface area contributed by atoms with Gasteiger partial charge in [0.25, 0.3) is 0 Å². The average molecular weight is 145 g/mol. The Morgan fingerprint density at radius 2 is 1.80 bits per heavy atom. The van der Waals surface area contributed by atoms with E-state index in [1.807, 2.05) is 12.1 Å². The summed E-state index contributed by atoms with van der Waals surface area (Å²) in [4.78, 5) is 5.39. The lowest BCUT2D eigenvalue weighted by molar-refractivity contribution is -0.191. The zero-order chi connectivity index (χ0) is 8.20. The quantitative estimate of drug-likeness (QED) is 0.564. The smallest absolute Gasteiger partial charge is 0.0682 e. The van der Waals surface area contributed by atoms with Crippen LogP contribution in [0.2, 0.25) is 0 Å². The molecule has 62 valence electrons. The topological polar surface area (TPSA) is 12.5 Å². The van der Waals surface area contributed by atoms with Gasteiger partial charge in [0, 0.05) is 12.6 Å². The standard InChI is InChI=1S/C8H19NO/c1-6-7-10-9(5)8(2,3)4/h6-7H2,1-5H3. The van der Waals surface area contributed by atoms with Crippen LogP contribution in [0.15, 0.2) is 0 Å². The molecule has 0 aliphatic rings. The first-order chi connectivity index (χ1) is 4.48. The maximum atomic E-state index is 5.39. The number of hydrogen-bond acceptors (Lipinski definition) is 2. The van der Waals surface area contributed by atoms with Crippen LogP contribution in [0.4, 0.5) is 0 Å². The molecule has 0 aromatic heterocycles. The van der Waals surface area contributed by atoms with Crippen molar-refractivity contribution in [3.05, 3.63) is 0 Å². The molecule has 0 spiro atoms. The van der Waals surface area contributed by atoms with E-state index in [-0.39, 0.29) is 5.54 Å².